The number of carboxylic acid groups (broad SMARTS) is 1. The summed E-state index contributed by atoms with van der Waals surface area (Å²) >= 11 is 15.7. The van der Waals surface area contributed by atoms with Crippen molar-refractivity contribution in [1.82, 2.24) is 16.0 Å². The molecule has 3 unspecified atom stereocenters. The first-order valence-corrected chi connectivity index (χ1v) is 13.4. The van der Waals surface area contributed by atoms with Crippen LogP contribution in [0.2, 0.25) is 0 Å². The average Bonchev–Trinajstić information content (AvgIpc) is 2.80. The predicted molar refractivity (Wildman–Crippen MR) is 148 cm³/mol. The molecule has 2 amide bonds. The Balaban J connectivity index is 0. The summed E-state index contributed by atoms with van der Waals surface area (Å²) in [5, 5.41) is 16.0. The summed E-state index contributed by atoms with van der Waals surface area (Å²) in [4.78, 5) is 44.0. The van der Waals surface area contributed by atoms with Crippen molar-refractivity contribution < 1.29 is 29.0 Å². The van der Waals surface area contributed by atoms with Gasteiger partial charge in [0.2, 0.25) is 15.6 Å². The van der Waals surface area contributed by atoms with Crippen molar-refractivity contribution in [1.29, 1.82) is 0 Å². The SMILES string of the molecule is CC(NC(=O)C(NC(C)(C)C)C1CCCCC1)C(=O)NCCCC(N)C=O.COCC(Cl)(Cl)Cl.O=CO. The van der Waals surface area contributed by atoms with E-state index in [0.717, 1.165) is 25.7 Å². The van der Waals surface area contributed by atoms with Crippen LogP contribution < -0.4 is 21.7 Å². The minimum atomic E-state index is -1.26. The number of halogens is 3. The molecule has 37 heavy (non-hydrogen) atoms. The van der Waals surface area contributed by atoms with Gasteiger partial charge in [-0.25, -0.2) is 0 Å². The summed E-state index contributed by atoms with van der Waals surface area (Å²) in [6, 6.07) is -1.38. The van der Waals surface area contributed by atoms with Gasteiger partial charge in [0.05, 0.1) is 18.7 Å². The third-order valence-corrected chi connectivity index (χ3v) is 5.57. The number of methoxy groups -OCH3 is 1. The lowest BCUT2D eigenvalue weighted by Crippen LogP contribution is -2.58. The Labute approximate surface area is 236 Å². The maximum Gasteiger partial charge on any atom is 0.290 e. The Morgan fingerprint density at radius 1 is 1.11 bits per heavy atom. The molecular formula is C24H45Cl3N4O6. The number of amides is 2. The number of hydrogen-bond acceptors (Lipinski definition) is 7. The summed E-state index contributed by atoms with van der Waals surface area (Å²) in [5.41, 5.74) is 5.35. The van der Waals surface area contributed by atoms with Gasteiger partial charge in [0.25, 0.3) is 6.47 Å². The van der Waals surface area contributed by atoms with Gasteiger partial charge in [0, 0.05) is 19.2 Å². The summed E-state index contributed by atoms with van der Waals surface area (Å²) in [6.45, 7) is 8.17. The second-order valence-corrected chi connectivity index (χ2v) is 12.4. The molecule has 13 heteroatoms. The van der Waals surface area contributed by atoms with E-state index < -0.39 is 15.9 Å². The summed E-state index contributed by atoms with van der Waals surface area (Å²) in [6.07, 6.45) is 7.48. The zero-order valence-corrected chi connectivity index (χ0v) is 24.8. The van der Waals surface area contributed by atoms with Crippen molar-refractivity contribution in [3.63, 3.8) is 0 Å². The molecule has 3 atom stereocenters. The molecule has 1 aliphatic carbocycles. The molecular weight excluding hydrogens is 547 g/mol. The largest absolute Gasteiger partial charge is 0.483 e. The monoisotopic (exact) mass is 590 g/mol. The molecule has 0 aromatic rings. The molecule has 218 valence electrons. The van der Waals surface area contributed by atoms with Crippen LogP contribution >= 0.6 is 34.8 Å². The van der Waals surface area contributed by atoms with E-state index >= 15 is 0 Å². The average molecular weight is 592 g/mol. The van der Waals surface area contributed by atoms with E-state index in [2.05, 4.69) is 41.5 Å². The molecule has 6 N–H and O–H groups in total. The first-order valence-electron chi connectivity index (χ1n) is 12.3. The number of alkyl halides is 3. The lowest BCUT2D eigenvalue weighted by molar-refractivity contribution is -0.131. The van der Waals surface area contributed by atoms with Gasteiger partial charge >= 0.3 is 0 Å². The van der Waals surface area contributed by atoms with Gasteiger partial charge in [0.15, 0.2) is 0 Å². The highest BCUT2D eigenvalue weighted by Crippen LogP contribution is 2.28. The zero-order valence-electron chi connectivity index (χ0n) is 22.5. The third-order valence-electron chi connectivity index (χ3n) is 5.24. The second-order valence-electron chi connectivity index (χ2n) is 9.89. The summed E-state index contributed by atoms with van der Waals surface area (Å²) in [5.74, 6) is -0.0262. The lowest BCUT2D eigenvalue weighted by Gasteiger charge is -2.35. The summed E-state index contributed by atoms with van der Waals surface area (Å²) < 4.78 is 3.26. The van der Waals surface area contributed by atoms with Crippen molar-refractivity contribution in [2.24, 2.45) is 11.7 Å². The first-order chi connectivity index (χ1) is 17.1. The minimum Gasteiger partial charge on any atom is -0.483 e. The molecule has 0 heterocycles. The number of rotatable bonds is 11. The van der Waals surface area contributed by atoms with Crippen LogP contribution in [0.25, 0.3) is 0 Å². The van der Waals surface area contributed by atoms with E-state index in [1.165, 1.54) is 13.5 Å². The van der Waals surface area contributed by atoms with E-state index in [1.54, 1.807) is 6.92 Å². The maximum atomic E-state index is 12.9. The molecule has 1 rings (SSSR count). The highest BCUT2D eigenvalue weighted by Gasteiger charge is 2.33. The molecule has 10 nitrogen and oxygen atoms in total. The van der Waals surface area contributed by atoms with Gasteiger partial charge in [-0.1, -0.05) is 54.1 Å². The molecule has 0 saturated heterocycles. The highest BCUT2D eigenvalue weighted by molar-refractivity contribution is 6.67. The third kappa shape index (κ3) is 22.5. The van der Waals surface area contributed by atoms with Crippen LogP contribution in [0.1, 0.15) is 72.6 Å². The maximum absolute atomic E-state index is 12.9. The van der Waals surface area contributed by atoms with Crippen LogP contribution in [-0.2, 0) is 23.9 Å². The Hall–Kier alpha value is -1.17. The van der Waals surface area contributed by atoms with E-state index in [9.17, 15) is 14.4 Å². The minimum absolute atomic E-state index is 0.109. The van der Waals surface area contributed by atoms with Crippen molar-refractivity contribution in [3.8, 4) is 0 Å². The van der Waals surface area contributed by atoms with Crippen LogP contribution in [0, 0.1) is 5.92 Å². The van der Waals surface area contributed by atoms with Gasteiger partial charge in [-0.05, 0) is 59.3 Å². The van der Waals surface area contributed by atoms with Crippen LogP contribution in [0.15, 0.2) is 0 Å². The van der Waals surface area contributed by atoms with E-state index in [0.29, 0.717) is 31.6 Å². The molecule has 1 saturated carbocycles. The predicted octanol–water partition coefficient (Wildman–Crippen LogP) is 2.95. The Bertz CT molecular complexity index is 653. The molecule has 0 spiro atoms. The number of ether oxygens (including phenoxy) is 1. The molecule has 0 aromatic carbocycles. The van der Waals surface area contributed by atoms with Crippen LogP contribution in [0.4, 0.5) is 0 Å². The fourth-order valence-corrected chi connectivity index (χ4v) is 3.96. The first kappa shape index (κ1) is 38.0. The molecule has 1 fully saturated rings. The molecule has 1 aliphatic rings. The number of carbonyl (C=O) groups is 4. The van der Waals surface area contributed by atoms with E-state index in [-0.39, 0.29) is 36.5 Å². The van der Waals surface area contributed by atoms with Crippen molar-refractivity contribution in [2.45, 2.75) is 100 Å². The number of aldehydes is 1. The van der Waals surface area contributed by atoms with Crippen LogP contribution in [0.3, 0.4) is 0 Å². The lowest BCUT2D eigenvalue weighted by atomic mass is 9.82. The number of nitrogens with two attached hydrogens (primary N) is 1. The standard InChI is InChI=1S/C20H38N4O3.C3H5Cl3O.CH2O2/c1-14(18(26)22-12-8-11-16(21)13-25)23-19(27)17(24-20(2,3)4)15-9-6-5-7-10-15;1-7-2-3(4,5)6;2-1-3/h13-17,24H,5-12,21H2,1-4H3,(H,22,26)(H,23,27);2H2,1H3;1H,(H,2,3). The van der Waals surface area contributed by atoms with Gasteiger partial charge in [-0.2, -0.15) is 0 Å². The normalized spacial score (nSPS) is 16.5. The fraction of sp³-hybridized carbons (Fsp3) is 0.833. The van der Waals surface area contributed by atoms with Gasteiger partial charge in [-0.3, -0.25) is 14.4 Å². The van der Waals surface area contributed by atoms with Crippen LogP contribution in [0.5, 0.6) is 0 Å². The number of carbonyl (C=O) groups excluding carboxylic acids is 3. The quantitative estimate of drug-likeness (QED) is 0.139. The fourth-order valence-electron chi connectivity index (χ4n) is 3.63. The Kier molecular flexibility index (Phi) is 21.3. The van der Waals surface area contributed by atoms with Gasteiger partial charge < -0.3 is 36.3 Å². The second kappa shape index (κ2) is 20.7. The van der Waals surface area contributed by atoms with Crippen molar-refractivity contribution in [2.75, 3.05) is 20.3 Å². The van der Waals surface area contributed by atoms with Gasteiger partial charge in [-0.15, -0.1) is 0 Å². The summed E-state index contributed by atoms with van der Waals surface area (Å²) in [7, 11) is 1.47. The van der Waals surface area contributed by atoms with Crippen molar-refractivity contribution >= 4 is 59.4 Å². The van der Waals surface area contributed by atoms with E-state index in [1.807, 2.05) is 0 Å². The molecule has 0 aromatic heterocycles. The van der Waals surface area contributed by atoms with Crippen molar-refractivity contribution in [3.05, 3.63) is 0 Å². The van der Waals surface area contributed by atoms with Crippen LogP contribution in [-0.4, -0.2) is 77.4 Å². The molecule has 0 radical (unpaired) electrons. The smallest absolute Gasteiger partial charge is 0.290 e. The molecule has 0 aliphatic heterocycles. The molecule has 0 bridgehead atoms. The highest BCUT2D eigenvalue weighted by atomic mass is 35.6. The van der Waals surface area contributed by atoms with E-state index in [4.69, 9.17) is 50.4 Å². The Morgan fingerprint density at radius 3 is 2.05 bits per heavy atom. The Morgan fingerprint density at radius 2 is 1.65 bits per heavy atom. The number of nitrogens with one attached hydrogen (secondary N) is 3. The number of hydrogen-bond donors (Lipinski definition) is 5. The van der Waals surface area contributed by atoms with Gasteiger partial charge in [0.1, 0.15) is 12.3 Å². The topological polar surface area (TPSA) is 160 Å². The zero-order chi connectivity index (χ0) is 29.1.